The molecule has 0 amide bonds. The lowest BCUT2D eigenvalue weighted by Gasteiger charge is -2.11. The zero-order valence-electron chi connectivity index (χ0n) is 13.1. The molecule has 0 aliphatic heterocycles. The van der Waals surface area contributed by atoms with Crippen molar-refractivity contribution >= 4 is 25.0 Å². The lowest BCUT2D eigenvalue weighted by molar-refractivity contribution is 0.00456. The molecule has 0 bridgehead atoms. The second-order valence-corrected chi connectivity index (χ2v) is 7.13. The molecule has 118 valence electrons. The van der Waals surface area contributed by atoms with E-state index in [4.69, 9.17) is 5.53 Å². The van der Waals surface area contributed by atoms with Gasteiger partial charge in [0.05, 0.1) is 13.7 Å². The summed E-state index contributed by atoms with van der Waals surface area (Å²) in [5.74, 6) is 0. The molecule has 0 saturated heterocycles. The summed E-state index contributed by atoms with van der Waals surface area (Å²) in [6.45, 7) is 0. The number of hydrogen-bond acceptors (Lipinski definition) is 1. The SMILES string of the molecule is [N-]=[N+]=Cc1ccc(Cc2ccc(P(O)c3ccccc3)cc2)cc1. The van der Waals surface area contributed by atoms with Crippen molar-refractivity contribution in [2.24, 2.45) is 0 Å². The Bertz CT molecular complexity index is 839. The van der Waals surface area contributed by atoms with E-state index in [1.165, 1.54) is 17.3 Å². The number of benzene rings is 3. The number of nitrogens with zero attached hydrogens (tertiary/aromatic N) is 2. The van der Waals surface area contributed by atoms with Crippen LogP contribution in [0.3, 0.4) is 0 Å². The molecule has 24 heavy (non-hydrogen) atoms. The molecule has 0 saturated carbocycles. The van der Waals surface area contributed by atoms with E-state index in [1.807, 2.05) is 66.7 Å². The summed E-state index contributed by atoms with van der Waals surface area (Å²) in [7, 11) is -1.29. The molecule has 0 radical (unpaired) electrons. The van der Waals surface area contributed by atoms with Crippen molar-refractivity contribution < 1.29 is 9.68 Å². The summed E-state index contributed by atoms with van der Waals surface area (Å²) in [6, 6.07) is 25.8. The molecular formula is C20H17N2OP. The Hall–Kier alpha value is -2.57. The minimum Gasteiger partial charge on any atom is -0.364 e. The molecule has 3 rings (SSSR count). The van der Waals surface area contributed by atoms with Gasteiger partial charge in [-0.05, 0) is 29.7 Å². The molecule has 1 unspecified atom stereocenters. The predicted octanol–water partition coefficient (Wildman–Crippen LogP) is 3.27. The van der Waals surface area contributed by atoms with Crippen LogP contribution in [0.15, 0.2) is 78.9 Å². The second kappa shape index (κ2) is 7.81. The topological polar surface area (TPSA) is 56.6 Å². The van der Waals surface area contributed by atoms with E-state index in [0.29, 0.717) is 0 Å². The fraction of sp³-hybridized carbons (Fsp3) is 0.0500. The Labute approximate surface area is 142 Å². The van der Waals surface area contributed by atoms with Crippen LogP contribution in [0.25, 0.3) is 5.53 Å². The summed E-state index contributed by atoms with van der Waals surface area (Å²) in [5, 5.41) is 1.91. The average molecular weight is 332 g/mol. The standard InChI is InChI=1S/C20H17N2OP/c21-22-15-18-8-6-16(7-9-18)14-17-10-12-20(13-11-17)24(23)19-4-2-1-3-5-19/h1-13,15,23H,14H2. The van der Waals surface area contributed by atoms with Gasteiger partial charge in [0, 0.05) is 10.6 Å². The van der Waals surface area contributed by atoms with Crippen LogP contribution in [-0.4, -0.2) is 15.9 Å². The molecule has 3 aromatic carbocycles. The van der Waals surface area contributed by atoms with Crippen LogP contribution in [0.4, 0.5) is 0 Å². The predicted molar refractivity (Wildman–Crippen MR) is 99.3 cm³/mol. The number of rotatable bonds is 5. The monoisotopic (exact) mass is 332 g/mol. The summed E-state index contributed by atoms with van der Waals surface area (Å²) >= 11 is 0. The summed E-state index contributed by atoms with van der Waals surface area (Å²) in [5.41, 5.74) is 11.8. The minimum absolute atomic E-state index is 0.825. The van der Waals surface area contributed by atoms with Crippen LogP contribution in [0.2, 0.25) is 0 Å². The van der Waals surface area contributed by atoms with Crippen molar-refractivity contribution in [2.75, 3.05) is 0 Å². The van der Waals surface area contributed by atoms with Crippen LogP contribution >= 0.6 is 8.15 Å². The molecule has 3 nitrogen and oxygen atoms in total. The normalized spacial score (nSPS) is 11.5. The average Bonchev–Trinajstić information content (AvgIpc) is 2.64. The summed E-state index contributed by atoms with van der Waals surface area (Å²) in [6.07, 6.45) is 2.23. The van der Waals surface area contributed by atoms with E-state index < -0.39 is 8.15 Å². The highest BCUT2D eigenvalue weighted by Gasteiger charge is 2.10. The highest BCUT2D eigenvalue weighted by Crippen LogP contribution is 2.27. The third kappa shape index (κ3) is 4.04. The first-order valence-corrected chi connectivity index (χ1v) is 8.95. The Balaban J connectivity index is 1.71. The van der Waals surface area contributed by atoms with Crippen LogP contribution < -0.4 is 10.6 Å². The first-order chi connectivity index (χ1) is 11.8. The van der Waals surface area contributed by atoms with Crippen molar-refractivity contribution in [3.8, 4) is 0 Å². The molecule has 1 N–H and O–H groups in total. The lowest BCUT2D eigenvalue weighted by atomic mass is 10.0. The van der Waals surface area contributed by atoms with E-state index in [0.717, 1.165) is 22.6 Å². The van der Waals surface area contributed by atoms with Gasteiger partial charge in [0.25, 0.3) is 6.21 Å². The molecular weight excluding hydrogens is 315 g/mol. The van der Waals surface area contributed by atoms with Gasteiger partial charge in [-0.3, -0.25) is 0 Å². The summed E-state index contributed by atoms with van der Waals surface area (Å²) < 4.78 is 0. The molecule has 4 heteroatoms. The zero-order chi connectivity index (χ0) is 16.8. The molecule has 0 heterocycles. The highest BCUT2D eigenvalue weighted by molar-refractivity contribution is 7.67. The Kier molecular flexibility index (Phi) is 5.30. The van der Waals surface area contributed by atoms with E-state index in [9.17, 15) is 4.89 Å². The van der Waals surface area contributed by atoms with Crippen molar-refractivity contribution in [2.45, 2.75) is 6.42 Å². The highest BCUT2D eigenvalue weighted by atomic mass is 31.1. The first-order valence-electron chi connectivity index (χ1n) is 7.65. The maximum absolute atomic E-state index is 10.5. The summed E-state index contributed by atoms with van der Waals surface area (Å²) in [4.78, 5) is 13.5. The van der Waals surface area contributed by atoms with Crippen molar-refractivity contribution in [1.29, 1.82) is 0 Å². The number of hydrogen-bond donors (Lipinski definition) is 1. The fourth-order valence-electron chi connectivity index (χ4n) is 2.50. The van der Waals surface area contributed by atoms with E-state index in [-0.39, 0.29) is 0 Å². The third-order valence-corrected chi connectivity index (χ3v) is 5.35. The quantitative estimate of drug-likeness (QED) is 0.331. The van der Waals surface area contributed by atoms with Gasteiger partial charge < -0.3 is 10.4 Å². The van der Waals surface area contributed by atoms with Crippen LogP contribution in [0, 0.1) is 0 Å². The van der Waals surface area contributed by atoms with Gasteiger partial charge in [0.1, 0.15) is 0 Å². The largest absolute Gasteiger partial charge is 0.364 e. The van der Waals surface area contributed by atoms with Crippen LogP contribution in [0.1, 0.15) is 16.7 Å². The fourth-order valence-corrected chi connectivity index (χ4v) is 3.68. The molecule has 0 spiro atoms. The van der Waals surface area contributed by atoms with Crippen LogP contribution in [0.5, 0.6) is 0 Å². The molecule has 0 aliphatic carbocycles. The molecule has 0 fully saturated rings. The first kappa shape index (κ1) is 16.3. The van der Waals surface area contributed by atoms with Crippen molar-refractivity contribution in [3.05, 3.63) is 101 Å². The second-order valence-electron chi connectivity index (χ2n) is 5.48. The molecule has 1 atom stereocenters. The van der Waals surface area contributed by atoms with E-state index >= 15 is 0 Å². The van der Waals surface area contributed by atoms with Gasteiger partial charge in [0.2, 0.25) is 0 Å². The molecule has 3 aromatic rings. The van der Waals surface area contributed by atoms with Crippen LogP contribution in [-0.2, 0) is 6.42 Å². The van der Waals surface area contributed by atoms with Gasteiger partial charge in [-0.25, -0.2) is 0 Å². The van der Waals surface area contributed by atoms with Gasteiger partial charge in [0.15, 0.2) is 0 Å². The van der Waals surface area contributed by atoms with Gasteiger partial charge >= 0.3 is 0 Å². The van der Waals surface area contributed by atoms with Gasteiger partial charge in [-0.15, -0.1) is 0 Å². The molecule has 0 aromatic heterocycles. The van der Waals surface area contributed by atoms with E-state index in [2.05, 4.69) is 16.9 Å². The van der Waals surface area contributed by atoms with Crippen molar-refractivity contribution in [1.82, 2.24) is 0 Å². The zero-order valence-corrected chi connectivity index (χ0v) is 14.0. The van der Waals surface area contributed by atoms with Crippen molar-refractivity contribution in [3.63, 3.8) is 0 Å². The smallest absolute Gasteiger partial charge is 0.287 e. The third-order valence-electron chi connectivity index (χ3n) is 3.78. The Morgan fingerprint density at radius 1 is 0.792 bits per heavy atom. The Morgan fingerprint density at radius 3 is 1.92 bits per heavy atom. The van der Waals surface area contributed by atoms with Gasteiger partial charge in [-0.1, -0.05) is 66.7 Å². The molecule has 0 aliphatic rings. The van der Waals surface area contributed by atoms with E-state index in [1.54, 1.807) is 0 Å². The maximum atomic E-state index is 10.5. The Morgan fingerprint density at radius 2 is 1.33 bits per heavy atom. The van der Waals surface area contributed by atoms with Gasteiger partial charge in [-0.2, -0.15) is 4.79 Å². The maximum Gasteiger partial charge on any atom is 0.287 e. The lowest BCUT2D eigenvalue weighted by Crippen LogP contribution is -2.10. The minimum atomic E-state index is -1.29.